The molecule has 1 aliphatic rings. The van der Waals surface area contributed by atoms with Crippen LogP contribution in [0.4, 0.5) is 4.79 Å². The van der Waals surface area contributed by atoms with Gasteiger partial charge in [-0.2, -0.15) is 0 Å². The van der Waals surface area contributed by atoms with E-state index in [1.54, 1.807) is 7.05 Å². The quantitative estimate of drug-likeness (QED) is 0.764. The summed E-state index contributed by atoms with van der Waals surface area (Å²) >= 11 is 0. The number of nitrogens with zero attached hydrogens (tertiary/aromatic N) is 3. The first-order valence-corrected chi connectivity index (χ1v) is 8.78. The number of hydrogen-bond acceptors (Lipinski definition) is 3. The van der Waals surface area contributed by atoms with Gasteiger partial charge in [-0.1, -0.05) is 30.3 Å². The van der Waals surface area contributed by atoms with Crippen molar-refractivity contribution < 1.29 is 4.79 Å². The monoisotopic (exact) mass is 347 g/mol. The van der Waals surface area contributed by atoms with Gasteiger partial charge in [-0.05, 0) is 18.6 Å². The number of aromatic nitrogens is 3. The third-order valence-electron chi connectivity index (χ3n) is 4.80. The summed E-state index contributed by atoms with van der Waals surface area (Å²) in [6, 6.07) is 14.1. The van der Waals surface area contributed by atoms with Crippen molar-refractivity contribution in [3.63, 3.8) is 0 Å². The fraction of sp³-hybridized carbons (Fsp3) is 0.250. The summed E-state index contributed by atoms with van der Waals surface area (Å²) in [4.78, 5) is 26.1. The summed E-state index contributed by atoms with van der Waals surface area (Å²) in [5, 5.41) is 2.68. The SMILES string of the molecule is CNC(=O)N1CC[C@H](c2nc(-c3ccc(-c4ccccc4)nc3)c[nH]2)C1. The van der Waals surface area contributed by atoms with Crippen LogP contribution < -0.4 is 5.32 Å². The lowest BCUT2D eigenvalue weighted by atomic mass is 10.1. The molecular formula is C20H21N5O. The number of hydrogen-bond donors (Lipinski definition) is 2. The highest BCUT2D eigenvalue weighted by molar-refractivity contribution is 5.74. The van der Waals surface area contributed by atoms with Crippen LogP contribution in [-0.4, -0.2) is 46.0 Å². The molecule has 26 heavy (non-hydrogen) atoms. The first-order valence-electron chi connectivity index (χ1n) is 8.78. The molecule has 0 bridgehead atoms. The van der Waals surface area contributed by atoms with Crippen LogP contribution in [0.15, 0.2) is 54.9 Å². The van der Waals surface area contributed by atoms with E-state index in [2.05, 4.69) is 15.3 Å². The maximum Gasteiger partial charge on any atom is 0.317 e. The second-order valence-corrected chi connectivity index (χ2v) is 6.46. The Hall–Kier alpha value is -3.15. The number of rotatable bonds is 3. The number of urea groups is 1. The molecule has 6 nitrogen and oxygen atoms in total. The minimum atomic E-state index is -0.0278. The Balaban J connectivity index is 1.49. The molecule has 1 aromatic carbocycles. The van der Waals surface area contributed by atoms with Gasteiger partial charge in [0, 0.05) is 49.6 Å². The number of carbonyl (C=O) groups excluding carboxylic acids is 1. The molecule has 2 N–H and O–H groups in total. The molecule has 1 saturated heterocycles. The normalized spacial score (nSPS) is 16.7. The molecule has 1 fully saturated rings. The van der Waals surface area contributed by atoms with Gasteiger partial charge in [-0.25, -0.2) is 9.78 Å². The van der Waals surface area contributed by atoms with Gasteiger partial charge in [0.15, 0.2) is 0 Å². The third kappa shape index (κ3) is 3.18. The van der Waals surface area contributed by atoms with E-state index in [1.807, 2.05) is 59.8 Å². The maximum atomic E-state index is 11.7. The van der Waals surface area contributed by atoms with E-state index >= 15 is 0 Å². The minimum absolute atomic E-state index is 0.0278. The number of H-pyrrole nitrogens is 1. The molecule has 132 valence electrons. The van der Waals surface area contributed by atoms with E-state index in [9.17, 15) is 4.79 Å². The molecule has 6 heteroatoms. The third-order valence-corrected chi connectivity index (χ3v) is 4.80. The number of nitrogens with one attached hydrogen (secondary N) is 2. The first kappa shape index (κ1) is 16.3. The average Bonchev–Trinajstić information content (AvgIpc) is 3.38. The molecule has 0 aliphatic carbocycles. The van der Waals surface area contributed by atoms with Crippen molar-refractivity contribution >= 4 is 6.03 Å². The zero-order valence-corrected chi connectivity index (χ0v) is 14.6. The highest BCUT2D eigenvalue weighted by Gasteiger charge is 2.28. The van der Waals surface area contributed by atoms with Crippen molar-refractivity contribution in [3.8, 4) is 22.5 Å². The molecule has 1 atom stereocenters. The molecular weight excluding hydrogens is 326 g/mol. The van der Waals surface area contributed by atoms with Crippen LogP contribution >= 0.6 is 0 Å². The summed E-state index contributed by atoms with van der Waals surface area (Å²) in [7, 11) is 1.66. The van der Waals surface area contributed by atoms with E-state index in [-0.39, 0.29) is 11.9 Å². The highest BCUT2D eigenvalue weighted by atomic mass is 16.2. The van der Waals surface area contributed by atoms with Gasteiger partial charge >= 0.3 is 6.03 Å². The number of likely N-dealkylation sites (tertiary alicyclic amines) is 1. The largest absolute Gasteiger partial charge is 0.348 e. The molecule has 3 aromatic rings. The zero-order valence-electron chi connectivity index (χ0n) is 14.6. The van der Waals surface area contributed by atoms with Crippen LogP contribution in [0.5, 0.6) is 0 Å². The Bertz CT molecular complexity index is 888. The zero-order chi connectivity index (χ0) is 17.9. The molecule has 0 radical (unpaired) electrons. The van der Waals surface area contributed by atoms with E-state index in [0.717, 1.165) is 41.3 Å². The Morgan fingerprint density at radius 3 is 2.73 bits per heavy atom. The Labute approximate surface area is 152 Å². The van der Waals surface area contributed by atoms with E-state index in [0.29, 0.717) is 6.54 Å². The lowest BCUT2D eigenvalue weighted by Gasteiger charge is -2.14. The van der Waals surface area contributed by atoms with E-state index in [4.69, 9.17) is 4.98 Å². The van der Waals surface area contributed by atoms with Gasteiger partial charge in [0.1, 0.15) is 5.82 Å². The topological polar surface area (TPSA) is 73.9 Å². The van der Waals surface area contributed by atoms with Gasteiger partial charge in [0.2, 0.25) is 0 Å². The number of imidazole rings is 1. The molecule has 0 saturated carbocycles. The summed E-state index contributed by atoms with van der Waals surface area (Å²) in [5.41, 5.74) is 3.91. The summed E-state index contributed by atoms with van der Waals surface area (Å²) in [6.07, 6.45) is 4.69. The summed E-state index contributed by atoms with van der Waals surface area (Å²) in [6.45, 7) is 1.45. The molecule has 1 aliphatic heterocycles. The van der Waals surface area contributed by atoms with E-state index < -0.39 is 0 Å². The first-order chi connectivity index (χ1) is 12.7. The van der Waals surface area contributed by atoms with Crippen molar-refractivity contribution in [2.24, 2.45) is 0 Å². The molecule has 2 aromatic heterocycles. The Morgan fingerprint density at radius 1 is 1.15 bits per heavy atom. The maximum absolute atomic E-state index is 11.7. The standard InChI is InChI=1S/C20H21N5O/c1-21-20(26)25-10-9-16(13-25)19-23-12-18(24-19)15-7-8-17(22-11-15)14-5-3-2-4-6-14/h2-8,11-12,16H,9-10,13H2,1H3,(H,21,26)(H,23,24)/t16-/m0/s1. The Kier molecular flexibility index (Phi) is 4.39. The van der Waals surface area contributed by atoms with Crippen molar-refractivity contribution in [2.75, 3.05) is 20.1 Å². The van der Waals surface area contributed by atoms with Crippen LogP contribution in [0.1, 0.15) is 18.2 Å². The number of aromatic amines is 1. The van der Waals surface area contributed by atoms with Crippen LogP contribution in [0.25, 0.3) is 22.5 Å². The predicted molar refractivity (Wildman–Crippen MR) is 101 cm³/mol. The molecule has 4 rings (SSSR count). The molecule has 3 heterocycles. The number of carbonyl (C=O) groups is 1. The second kappa shape index (κ2) is 7.00. The van der Waals surface area contributed by atoms with Crippen LogP contribution in [0, 0.1) is 0 Å². The number of benzene rings is 1. The van der Waals surface area contributed by atoms with Crippen molar-refractivity contribution in [2.45, 2.75) is 12.3 Å². The highest BCUT2D eigenvalue weighted by Crippen LogP contribution is 2.27. The fourth-order valence-electron chi connectivity index (χ4n) is 3.34. The Morgan fingerprint density at radius 2 is 2.00 bits per heavy atom. The van der Waals surface area contributed by atoms with Gasteiger partial charge in [0.05, 0.1) is 11.4 Å². The predicted octanol–water partition coefficient (Wildman–Crippen LogP) is 3.27. The minimum Gasteiger partial charge on any atom is -0.348 e. The summed E-state index contributed by atoms with van der Waals surface area (Å²) < 4.78 is 0. The van der Waals surface area contributed by atoms with Gasteiger partial charge < -0.3 is 15.2 Å². The average molecular weight is 347 g/mol. The van der Waals surface area contributed by atoms with Gasteiger partial charge in [0.25, 0.3) is 0 Å². The van der Waals surface area contributed by atoms with Crippen LogP contribution in [0.2, 0.25) is 0 Å². The number of amides is 2. The van der Waals surface area contributed by atoms with Crippen LogP contribution in [-0.2, 0) is 0 Å². The van der Waals surface area contributed by atoms with E-state index in [1.165, 1.54) is 0 Å². The molecule has 0 spiro atoms. The number of pyridine rings is 1. The van der Waals surface area contributed by atoms with Crippen LogP contribution in [0.3, 0.4) is 0 Å². The lowest BCUT2D eigenvalue weighted by Crippen LogP contribution is -2.36. The molecule has 0 unspecified atom stereocenters. The van der Waals surface area contributed by atoms with Gasteiger partial charge in [-0.3, -0.25) is 4.98 Å². The molecule has 2 amide bonds. The summed E-state index contributed by atoms with van der Waals surface area (Å²) in [5.74, 6) is 1.18. The van der Waals surface area contributed by atoms with Crippen molar-refractivity contribution in [1.29, 1.82) is 0 Å². The fourth-order valence-corrected chi connectivity index (χ4v) is 3.34. The smallest absolute Gasteiger partial charge is 0.317 e. The van der Waals surface area contributed by atoms with Crippen molar-refractivity contribution in [3.05, 3.63) is 60.7 Å². The second-order valence-electron chi connectivity index (χ2n) is 6.46. The van der Waals surface area contributed by atoms with Crippen molar-refractivity contribution in [1.82, 2.24) is 25.2 Å². The lowest BCUT2D eigenvalue weighted by molar-refractivity contribution is 0.210. The van der Waals surface area contributed by atoms with Gasteiger partial charge in [-0.15, -0.1) is 0 Å².